The van der Waals surface area contributed by atoms with E-state index in [4.69, 9.17) is 0 Å². The van der Waals surface area contributed by atoms with Gasteiger partial charge in [0.25, 0.3) is 0 Å². The van der Waals surface area contributed by atoms with E-state index in [0.717, 1.165) is 36.6 Å². The molecule has 1 atom stereocenters. The van der Waals surface area contributed by atoms with Crippen molar-refractivity contribution in [3.05, 3.63) is 58.5 Å². The highest BCUT2D eigenvalue weighted by Crippen LogP contribution is 2.45. The van der Waals surface area contributed by atoms with Crippen molar-refractivity contribution in [3.63, 3.8) is 0 Å². The van der Waals surface area contributed by atoms with Crippen LogP contribution in [0.1, 0.15) is 63.0 Å². The summed E-state index contributed by atoms with van der Waals surface area (Å²) in [6, 6.07) is 6.75. The van der Waals surface area contributed by atoms with E-state index < -0.39 is 34.4 Å². The molecule has 1 aliphatic heterocycles. The Morgan fingerprint density at radius 1 is 1.14 bits per heavy atom. The molecule has 0 fully saturated rings. The lowest BCUT2D eigenvalue weighted by molar-refractivity contribution is -0.170. The highest BCUT2D eigenvalue weighted by molar-refractivity contribution is 6.10. The Morgan fingerprint density at radius 3 is 2.43 bits per heavy atom. The van der Waals surface area contributed by atoms with Gasteiger partial charge in [-0.3, -0.25) is 4.79 Å². The number of alkyl halides is 2. The van der Waals surface area contributed by atoms with Crippen molar-refractivity contribution in [2.24, 2.45) is 0 Å². The number of nitrogens with one attached hydrogen (secondary N) is 1. The maximum absolute atomic E-state index is 15.3. The van der Waals surface area contributed by atoms with Crippen LogP contribution in [0.4, 0.5) is 24.7 Å². The number of halogens is 3. The predicted molar refractivity (Wildman–Crippen MR) is 129 cm³/mol. The molecule has 0 saturated heterocycles. The summed E-state index contributed by atoms with van der Waals surface area (Å²) < 4.78 is 44.8. The van der Waals surface area contributed by atoms with Gasteiger partial charge in [0.2, 0.25) is 5.91 Å². The summed E-state index contributed by atoms with van der Waals surface area (Å²) in [5.41, 5.74) is -1.78. The van der Waals surface area contributed by atoms with Crippen LogP contribution >= 0.6 is 0 Å². The fraction of sp³-hybridized carbons (Fsp3) is 0.423. The van der Waals surface area contributed by atoms with Crippen molar-refractivity contribution >= 4 is 28.2 Å². The van der Waals surface area contributed by atoms with Gasteiger partial charge in [-0.25, -0.2) is 4.39 Å². The number of aryl methyl sites for hydroxylation is 1. The number of aromatic nitrogens is 2. The zero-order valence-electron chi connectivity index (χ0n) is 20.8. The molecule has 6 nitrogen and oxygen atoms in total. The second-order valence-electron chi connectivity index (χ2n) is 10.2. The molecule has 2 aromatic carbocycles. The lowest BCUT2D eigenvalue weighted by atomic mass is 9.85. The summed E-state index contributed by atoms with van der Waals surface area (Å²) >= 11 is 0. The van der Waals surface area contributed by atoms with Gasteiger partial charge in [-0.05, 0) is 65.3 Å². The van der Waals surface area contributed by atoms with Crippen LogP contribution in [-0.4, -0.2) is 33.9 Å². The molecule has 0 unspecified atom stereocenters. The lowest BCUT2D eigenvalue weighted by Crippen LogP contribution is -2.41. The summed E-state index contributed by atoms with van der Waals surface area (Å²) in [5.74, 6) is -4.58. The van der Waals surface area contributed by atoms with Gasteiger partial charge < -0.3 is 15.3 Å². The number of carbonyl (C=O) groups excluding carboxylic acids is 1. The predicted octanol–water partition coefficient (Wildman–Crippen LogP) is 5.37. The van der Waals surface area contributed by atoms with Crippen LogP contribution < -0.4 is 10.2 Å². The van der Waals surface area contributed by atoms with E-state index in [-0.39, 0.29) is 11.5 Å². The summed E-state index contributed by atoms with van der Waals surface area (Å²) in [6.45, 7) is 9.02. The van der Waals surface area contributed by atoms with Crippen molar-refractivity contribution in [2.45, 2.75) is 64.5 Å². The third-order valence-electron chi connectivity index (χ3n) is 6.91. The molecule has 0 saturated carbocycles. The molecular formula is C26H29F3N4O2. The minimum Gasteiger partial charge on any atom is -0.384 e. The van der Waals surface area contributed by atoms with E-state index in [1.807, 2.05) is 26.0 Å². The highest BCUT2D eigenvalue weighted by Gasteiger charge is 2.49. The van der Waals surface area contributed by atoms with E-state index in [0.29, 0.717) is 16.9 Å². The Morgan fingerprint density at radius 2 is 1.80 bits per heavy atom. The molecular weight excluding hydrogens is 457 g/mol. The van der Waals surface area contributed by atoms with Gasteiger partial charge in [0, 0.05) is 29.1 Å². The number of amides is 1. The van der Waals surface area contributed by atoms with Crippen LogP contribution in [0.5, 0.6) is 0 Å². The summed E-state index contributed by atoms with van der Waals surface area (Å²) in [6.07, 6.45) is 0. The van der Waals surface area contributed by atoms with Crippen LogP contribution in [0.15, 0.2) is 30.3 Å². The lowest BCUT2D eigenvalue weighted by Gasteiger charge is -2.30. The fourth-order valence-corrected chi connectivity index (χ4v) is 4.58. The van der Waals surface area contributed by atoms with Crippen LogP contribution in [0.2, 0.25) is 0 Å². The van der Waals surface area contributed by atoms with Crippen LogP contribution in [0.25, 0.3) is 10.8 Å². The molecule has 3 aromatic rings. The minimum absolute atomic E-state index is 0.00153. The Labute approximate surface area is 202 Å². The Kier molecular flexibility index (Phi) is 5.63. The fourth-order valence-electron chi connectivity index (χ4n) is 4.58. The Bertz CT molecular complexity index is 1350. The van der Waals surface area contributed by atoms with Gasteiger partial charge in [-0.15, -0.1) is 5.10 Å². The van der Waals surface area contributed by atoms with Gasteiger partial charge in [-0.2, -0.15) is 13.9 Å². The van der Waals surface area contributed by atoms with Crippen LogP contribution in [0.3, 0.4) is 0 Å². The second kappa shape index (κ2) is 7.91. The van der Waals surface area contributed by atoms with Gasteiger partial charge in [-0.1, -0.05) is 12.1 Å². The molecule has 1 aliphatic rings. The molecule has 1 amide bonds. The quantitative estimate of drug-likeness (QED) is 0.507. The molecule has 35 heavy (non-hydrogen) atoms. The van der Waals surface area contributed by atoms with Crippen LogP contribution in [0, 0.1) is 12.7 Å². The SMILES string of the molecule is Cc1nnc(N[C@H](C)c2cccc(C(F)(F)C(C)(C)O)c2F)c2cc3c(cc12)N(C)C(=O)C3(C)C. The van der Waals surface area contributed by atoms with E-state index >= 15 is 4.39 Å². The molecule has 0 radical (unpaired) electrons. The standard InChI is InChI=1S/C26H29F3N4O2/c1-13(15-9-8-10-18(21(15)27)26(28,29)25(5,6)35)30-22-17-11-19-20(12-16(17)14(2)31-32-22)33(7)23(34)24(19,3)4/h8-13,35H,1-7H3,(H,30,32)/t13-/m1/s1. The number of aliphatic hydroxyl groups is 1. The van der Waals surface area contributed by atoms with Crippen molar-refractivity contribution in [3.8, 4) is 0 Å². The zero-order valence-corrected chi connectivity index (χ0v) is 20.8. The third-order valence-corrected chi connectivity index (χ3v) is 6.91. The van der Waals surface area contributed by atoms with Crippen molar-refractivity contribution in [1.82, 2.24) is 10.2 Å². The summed E-state index contributed by atoms with van der Waals surface area (Å²) in [4.78, 5) is 14.4. The Balaban J connectivity index is 1.79. The van der Waals surface area contributed by atoms with Crippen LogP contribution in [-0.2, 0) is 16.1 Å². The Hall–Kier alpha value is -3.20. The molecule has 0 spiro atoms. The minimum atomic E-state index is -3.80. The number of hydrogen-bond acceptors (Lipinski definition) is 5. The number of fused-ring (bicyclic) bond motifs is 2. The van der Waals surface area contributed by atoms with Crippen molar-refractivity contribution in [2.75, 3.05) is 17.3 Å². The number of nitrogens with zero attached hydrogens (tertiary/aromatic N) is 3. The maximum Gasteiger partial charge on any atom is 0.303 e. The molecule has 9 heteroatoms. The van der Waals surface area contributed by atoms with E-state index in [1.165, 1.54) is 12.1 Å². The number of hydrogen-bond donors (Lipinski definition) is 2. The average Bonchev–Trinajstić information content (AvgIpc) is 2.94. The smallest absolute Gasteiger partial charge is 0.303 e. The first-order chi connectivity index (χ1) is 16.1. The second-order valence-corrected chi connectivity index (χ2v) is 10.2. The number of carbonyl (C=O) groups is 1. The average molecular weight is 487 g/mol. The van der Waals surface area contributed by atoms with Gasteiger partial charge in [0.1, 0.15) is 11.4 Å². The largest absolute Gasteiger partial charge is 0.384 e. The highest BCUT2D eigenvalue weighted by atomic mass is 19.3. The first-order valence-corrected chi connectivity index (χ1v) is 11.3. The summed E-state index contributed by atoms with van der Waals surface area (Å²) in [7, 11) is 1.73. The molecule has 0 aliphatic carbocycles. The topological polar surface area (TPSA) is 78.4 Å². The van der Waals surface area contributed by atoms with E-state index in [9.17, 15) is 18.7 Å². The molecule has 2 N–H and O–H groups in total. The molecule has 2 heterocycles. The molecule has 0 bridgehead atoms. The normalized spacial score (nSPS) is 16.5. The maximum atomic E-state index is 15.3. The molecule has 186 valence electrons. The third kappa shape index (κ3) is 3.73. The first kappa shape index (κ1) is 24.9. The van der Waals surface area contributed by atoms with Gasteiger partial charge in [0.05, 0.1) is 22.7 Å². The number of anilines is 2. The van der Waals surface area contributed by atoms with E-state index in [1.54, 1.807) is 25.8 Å². The number of benzene rings is 2. The summed E-state index contributed by atoms with van der Waals surface area (Å²) in [5, 5.41) is 22.9. The van der Waals surface area contributed by atoms with Crippen molar-refractivity contribution < 1.29 is 23.1 Å². The zero-order chi connectivity index (χ0) is 26.1. The number of likely N-dealkylation sites (N-methyl/N-ethyl adjacent to an activating group) is 1. The van der Waals surface area contributed by atoms with E-state index in [2.05, 4.69) is 15.5 Å². The monoisotopic (exact) mass is 486 g/mol. The van der Waals surface area contributed by atoms with Gasteiger partial charge in [0.15, 0.2) is 5.82 Å². The first-order valence-electron chi connectivity index (χ1n) is 11.3. The van der Waals surface area contributed by atoms with Gasteiger partial charge >= 0.3 is 5.92 Å². The molecule has 1 aromatic heterocycles. The van der Waals surface area contributed by atoms with Crippen molar-refractivity contribution in [1.29, 1.82) is 0 Å². The molecule has 4 rings (SSSR count). The number of rotatable bonds is 5.